The van der Waals surface area contributed by atoms with E-state index in [1.807, 2.05) is 48.8 Å². The van der Waals surface area contributed by atoms with Gasteiger partial charge in [0.25, 0.3) is 0 Å². The molecule has 4 rings (SSSR count). The maximum atomic E-state index is 12.4. The van der Waals surface area contributed by atoms with Crippen LogP contribution in [0, 0.1) is 6.92 Å². The van der Waals surface area contributed by atoms with Gasteiger partial charge in [-0.3, -0.25) is 19.5 Å². The number of aromatic nitrogens is 2. The van der Waals surface area contributed by atoms with Crippen molar-refractivity contribution in [2.75, 3.05) is 32.1 Å². The molecule has 2 amide bonds. The van der Waals surface area contributed by atoms with E-state index < -0.39 is 24.4 Å². The number of primary amides is 1. The third kappa shape index (κ3) is 8.80. The van der Waals surface area contributed by atoms with Crippen LogP contribution in [0.3, 0.4) is 0 Å². The van der Waals surface area contributed by atoms with Crippen molar-refractivity contribution in [3.05, 3.63) is 83.8 Å². The van der Waals surface area contributed by atoms with E-state index in [9.17, 15) is 14.4 Å². The summed E-state index contributed by atoms with van der Waals surface area (Å²) in [7, 11) is 3.75. The topological polar surface area (TPSA) is 162 Å². The Bertz CT molecular complexity index is 1480. The van der Waals surface area contributed by atoms with Crippen molar-refractivity contribution in [2.24, 2.45) is 5.73 Å². The number of aliphatic carboxylic acids is 2. The fourth-order valence-corrected chi connectivity index (χ4v) is 4.40. The molecule has 2 heterocycles. The first-order valence-electron chi connectivity index (χ1n) is 12.9. The molecule has 0 aliphatic rings. The molecule has 5 N–H and O–H groups in total. The van der Waals surface area contributed by atoms with E-state index in [-0.39, 0.29) is 0 Å². The molecule has 11 nitrogen and oxygen atoms in total. The second-order valence-corrected chi connectivity index (χ2v) is 9.46. The summed E-state index contributed by atoms with van der Waals surface area (Å²) in [6.45, 7) is 4.00. The van der Waals surface area contributed by atoms with Gasteiger partial charge in [-0.2, -0.15) is 0 Å². The number of urea groups is 1. The van der Waals surface area contributed by atoms with Crippen LogP contribution >= 0.6 is 0 Å². The number of ether oxygens (including phenoxy) is 1. The molecule has 0 aliphatic heterocycles. The van der Waals surface area contributed by atoms with Crippen LogP contribution in [0.2, 0.25) is 0 Å². The minimum Gasteiger partial charge on any atom is -0.497 e. The maximum absolute atomic E-state index is 12.4. The normalized spacial score (nSPS) is 10.6. The molecule has 0 spiro atoms. The Morgan fingerprint density at radius 3 is 2.22 bits per heavy atom. The fourth-order valence-electron chi connectivity index (χ4n) is 4.40. The highest BCUT2D eigenvalue weighted by molar-refractivity contribution is 6.01. The van der Waals surface area contributed by atoms with E-state index in [0.717, 1.165) is 48.2 Å². The predicted octanol–water partition coefficient (Wildman–Crippen LogP) is 4.36. The molecule has 0 radical (unpaired) electrons. The number of benzene rings is 2. The number of hydrogen-bond acceptors (Lipinski definition) is 6. The van der Waals surface area contributed by atoms with E-state index in [4.69, 9.17) is 20.7 Å². The van der Waals surface area contributed by atoms with Gasteiger partial charge in [-0.15, -0.1) is 0 Å². The van der Waals surface area contributed by atoms with Gasteiger partial charge in [0, 0.05) is 48.1 Å². The molecule has 11 heteroatoms. The van der Waals surface area contributed by atoms with Crippen LogP contribution < -0.4 is 15.4 Å². The zero-order valence-electron chi connectivity index (χ0n) is 23.3. The third-order valence-corrected chi connectivity index (χ3v) is 6.47. The molecule has 0 bridgehead atoms. The Balaban J connectivity index is 0.000000587. The monoisotopic (exact) mass is 561 g/mol. The highest BCUT2D eigenvalue weighted by Crippen LogP contribution is 2.32. The lowest BCUT2D eigenvalue weighted by Gasteiger charge is -2.21. The van der Waals surface area contributed by atoms with Crippen molar-refractivity contribution in [3.8, 4) is 5.75 Å². The minimum absolute atomic E-state index is 0.544. The lowest BCUT2D eigenvalue weighted by Crippen LogP contribution is -2.31. The molecular formula is C30H35N5O6. The number of nitrogens with one attached hydrogen (secondary N) is 1. The van der Waals surface area contributed by atoms with Gasteiger partial charge in [-0.25, -0.2) is 4.79 Å². The average Bonchev–Trinajstić information content (AvgIpc) is 3.25. The zero-order valence-corrected chi connectivity index (χ0v) is 23.3. The first-order valence-corrected chi connectivity index (χ1v) is 12.9. The fraction of sp³-hybridized carbons (Fsp3) is 0.267. The zero-order chi connectivity index (χ0) is 29.9. The van der Waals surface area contributed by atoms with Crippen LogP contribution in [-0.2, 0) is 22.4 Å². The van der Waals surface area contributed by atoms with Crippen LogP contribution in [0.25, 0.3) is 10.9 Å². The number of carbonyl (C=O) groups is 3. The largest absolute Gasteiger partial charge is 0.497 e. The van der Waals surface area contributed by atoms with Crippen molar-refractivity contribution >= 4 is 40.2 Å². The third-order valence-electron chi connectivity index (χ3n) is 6.47. The average molecular weight is 562 g/mol. The highest BCUT2D eigenvalue weighted by Gasteiger charge is 2.18. The van der Waals surface area contributed by atoms with Crippen LogP contribution in [0.5, 0.6) is 5.75 Å². The van der Waals surface area contributed by atoms with Gasteiger partial charge < -0.3 is 30.6 Å². The molecule has 0 unspecified atom stereocenters. The first-order chi connectivity index (χ1) is 19.6. The smallest absolute Gasteiger partial charge is 0.323 e. The SMILES string of the molecule is COc1cccc(N(C(N)=O)c2ccc3[nH]c(C)c(CCN(C)CCc4ccncc4)c3c2)c1.O=C(O)CC(=O)O. The van der Waals surface area contributed by atoms with Gasteiger partial charge in [-0.1, -0.05) is 6.07 Å². The Morgan fingerprint density at radius 2 is 1.61 bits per heavy atom. The van der Waals surface area contributed by atoms with Gasteiger partial charge in [0.15, 0.2) is 0 Å². The number of aryl methyl sites for hydroxylation is 1. The second kappa shape index (κ2) is 14.5. The minimum atomic E-state index is -1.31. The number of rotatable bonds is 11. The second-order valence-electron chi connectivity index (χ2n) is 9.46. The molecule has 0 atom stereocenters. The van der Waals surface area contributed by atoms with Crippen LogP contribution in [-0.4, -0.2) is 70.3 Å². The lowest BCUT2D eigenvalue weighted by molar-refractivity contribution is -0.147. The Morgan fingerprint density at radius 1 is 0.951 bits per heavy atom. The number of pyridine rings is 1. The first kappa shape index (κ1) is 30.6. The van der Waals surface area contributed by atoms with Gasteiger partial charge in [-0.05, 0) is 80.4 Å². The summed E-state index contributed by atoms with van der Waals surface area (Å²) in [5.41, 5.74) is 11.9. The van der Waals surface area contributed by atoms with Crippen LogP contribution in [0.4, 0.5) is 16.2 Å². The number of fused-ring (bicyclic) bond motifs is 1. The number of H-pyrrole nitrogens is 1. The van der Waals surface area contributed by atoms with E-state index in [0.29, 0.717) is 11.4 Å². The number of carbonyl (C=O) groups excluding carboxylic acids is 1. The Hall–Kier alpha value is -4.90. The van der Waals surface area contributed by atoms with E-state index in [1.165, 1.54) is 16.0 Å². The lowest BCUT2D eigenvalue weighted by atomic mass is 10.1. The molecule has 2 aromatic carbocycles. The summed E-state index contributed by atoms with van der Waals surface area (Å²) in [6, 6.07) is 16.9. The number of anilines is 2. The maximum Gasteiger partial charge on any atom is 0.323 e. The molecule has 0 aliphatic carbocycles. The predicted molar refractivity (Wildman–Crippen MR) is 157 cm³/mol. The van der Waals surface area contributed by atoms with E-state index >= 15 is 0 Å². The molecule has 0 saturated carbocycles. The Labute approximate surface area is 238 Å². The van der Waals surface area contributed by atoms with Gasteiger partial charge in [0.1, 0.15) is 12.2 Å². The van der Waals surface area contributed by atoms with Crippen LogP contribution in [0.15, 0.2) is 67.0 Å². The number of aromatic amines is 1. The van der Waals surface area contributed by atoms with Crippen molar-refractivity contribution in [2.45, 2.75) is 26.2 Å². The van der Waals surface area contributed by atoms with E-state index in [2.05, 4.69) is 41.0 Å². The molecule has 41 heavy (non-hydrogen) atoms. The van der Waals surface area contributed by atoms with Crippen molar-refractivity contribution < 1.29 is 29.3 Å². The quantitative estimate of drug-likeness (QED) is 0.196. The molecular weight excluding hydrogens is 526 g/mol. The molecule has 0 saturated heterocycles. The number of hydrogen-bond donors (Lipinski definition) is 4. The summed E-state index contributed by atoms with van der Waals surface area (Å²) in [5, 5.41) is 16.5. The number of likely N-dealkylation sites (N-methyl/N-ethyl adjacent to an activating group) is 1. The Kier molecular flexibility index (Phi) is 10.8. The number of carboxylic acids is 2. The summed E-state index contributed by atoms with van der Waals surface area (Å²) >= 11 is 0. The standard InChI is InChI=1S/C27H31N5O2.C3H4O4/c1-19-24(12-16-31(2)15-11-20-9-13-29-14-10-20)25-18-22(7-8-26(25)30-19)32(27(28)33)21-5-4-6-23(17-21)34-3;4-2(5)1-3(6)7/h4-10,13-14,17-18,30H,11-12,15-16H2,1-3H3,(H2,28,33);1H2,(H,4,5)(H,6,7). The number of carboxylic acid groups (broad SMARTS) is 2. The summed E-state index contributed by atoms with van der Waals surface area (Å²) in [5.74, 6) is -1.96. The molecule has 216 valence electrons. The summed E-state index contributed by atoms with van der Waals surface area (Å²) < 4.78 is 5.32. The van der Waals surface area contributed by atoms with Crippen LogP contribution in [0.1, 0.15) is 23.2 Å². The van der Waals surface area contributed by atoms with Gasteiger partial charge in [0.2, 0.25) is 0 Å². The van der Waals surface area contributed by atoms with Crippen molar-refractivity contribution in [1.29, 1.82) is 0 Å². The van der Waals surface area contributed by atoms with Crippen molar-refractivity contribution in [1.82, 2.24) is 14.9 Å². The highest BCUT2D eigenvalue weighted by atomic mass is 16.5. The van der Waals surface area contributed by atoms with Crippen molar-refractivity contribution in [3.63, 3.8) is 0 Å². The molecule has 4 aromatic rings. The van der Waals surface area contributed by atoms with Gasteiger partial charge >= 0.3 is 18.0 Å². The number of methoxy groups -OCH3 is 1. The number of nitrogens with two attached hydrogens (primary N) is 1. The summed E-state index contributed by atoms with van der Waals surface area (Å²) in [6.07, 6.45) is 4.76. The molecule has 2 aromatic heterocycles. The molecule has 0 fully saturated rings. The number of amides is 2. The summed E-state index contributed by atoms with van der Waals surface area (Å²) in [4.78, 5) is 42.7. The van der Waals surface area contributed by atoms with E-state index in [1.54, 1.807) is 13.2 Å². The van der Waals surface area contributed by atoms with Gasteiger partial charge in [0.05, 0.1) is 18.5 Å². The number of nitrogens with zero attached hydrogens (tertiary/aromatic N) is 3.